The van der Waals surface area contributed by atoms with Gasteiger partial charge in [0.2, 0.25) is 5.89 Å². The van der Waals surface area contributed by atoms with Gasteiger partial charge >= 0.3 is 0 Å². The zero-order valence-electron chi connectivity index (χ0n) is 9.10. The minimum absolute atomic E-state index is 0.538. The van der Waals surface area contributed by atoms with Gasteiger partial charge in [-0.15, -0.1) is 10.2 Å². The molecule has 1 aromatic rings. The van der Waals surface area contributed by atoms with Gasteiger partial charge in [-0.25, -0.2) is 0 Å². The summed E-state index contributed by atoms with van der Waals surface area (Å²) in [5.74, 6) is 5.11. The molecule has 0 N–H and O–H groups in total. The van der Waals surface area contributed by atoms with E-state index >= 15 is 0 Å². The van der Waals surface area contributed by atoms with Crippen LogP contribution in [0.15, 0.2) is 9.22 Å². The quantitative estimate of drug-likeness (QED) is 0.793. The van der Waals surface area contributed by atoms with Crippen LogP contribution in [0.5, 0.6) is 0 Å². The number of hydrogen-bond donors (Lipinski definition) is 0. The van der Waals surface area contributed by atoms with Gasteiger partial charge in [0.1, 0.15) is 0 Å². The maximum Gasteiger partial charge on any atom is 0.284 e. The molecule has 3 nitrogen and oxygen atoms in total. The molecule has 4 heteroatoms. The van der Waals surface area contributed by atoms with E-state index in [0.717, 1.165) is 29.6 Å². The zero-order valence-corrected chi connectivity index (χ0v) is 10.7. The Morgan fingerprint density at radius 1 is 0.938 bits per heavy atom. The molecule has 0 amide bonds. The van der Waals surface area contributed by atoms with Gasteiger partial charge in [-0.2, -0.15) is 0 Å². The largest absolute Gasteiger partial charge is 0.415 e. The second kappa shape index (κ2) is 3.31. The van der Waals surface area contributed by atoms with E-state index in [2.05, 4.69) is 26.1 Å². The van der Waals surface area contributed by atoms with Crippen molar-refractivity contribution in [1.82, 2.24) is 10.2 Å². The monoisotopic (exact) mass is 282 g/mol. The highest BCUT2D eigenvalue weighted by Gasteiger charge is 2.50. The smallest absolute Gasteiger partial charge is 0.284 e. The molecule has 4 fully saturated rings. The van der Waals surface area contributed by atoms with Crippen molar-refractivity contribution in [2.45, 2.75) is 38.0 Å². The van der Waals surface area contributed by atoms with Crippen molar-refractivity contribution in [2.75, 3.05) is 0 Å². The van der Waals surface area contributed by atoms with Crippen molar-refractivity contribution in [2.24, 2.45) is 23.7 Å². The summed E-state index contributed by atoms with van der Waals surface area (Å²) in [6, 6.07) is 0. The molecule has 4 bridgehead atoms. The number of halogens is 1. The van der Waals surface area contributed by atoms with E-state index in [-0.39, 0.29) is 0 Å². The summed E-state index contributed by atoms with van der Waals surface area (Å²) in [4.78, 5) is 0.538. The van der Waals surface area contributed by atoms with Gasteiger partial charge in [0.25, 0.3) is 4.80 Å². The average Bonchev–Trinajstić information content (AvgIpc) is 2.63. The Morgan fingerprint density at radius 3 is 2.06 bits per heavy atom. The number of aromatic nitrogens is 2. The summed E-state index contributed by atoms with van der Waals surface area (Å²) < 4.78 is 5.60. The van der Waals surface area contributed by atoms with Crippen molar-refractivity contribution in [1.29, 1.82) is 0 Å². The predicted molar refractivity (Wildman–Crippen MR) is 61.8 cm³/mol. The first-order valence-corrected chi connectivity index (χ1v) is 7.08. The van der Waals surface area contributed by atoms with E-state index in [4.69, 9.17) is 4.42 Å². The summed E-state index contributed by atoms with van der Waals surface area (Å²) in [7, 11) is 0. The van der Waals surface area contributed by atoms with Crippen molar-refractivity contribution >= 4 is 15.9 Å². The van der Waals surface area contributed by atoms with Crippen LogP contribution in [-0.2, 0) is 0 Å². The molecule has 16 heavy (non-hydrogen) atoms. The van der Waals surface area contributed by atoms with Gasteiger partial charge < -0.3 is 4.42 Å². The molecular weight excluding hydrogens is 268 g/mol. The Labute approximate surface area is 103 Å². The van der Waals surface area contributed by atoms with Gasteiger partial charge in [0, 0.05) is 21.8 Å². The third-order valence-corrected chi connectivity index (χ3v) is 5.25. The summed E-state index contributed by atoms with van der Waals surface area (Å²) >= 11 is 3.26. The number of hydrogen-bond acceptors (Lipinski definition) is 3. The molecule has 0 spiro atoms. The molecule has 86 valence electrons. The summed E-state index contributed by atoms with van der Waals surface area (Å²) in [6.45, 7) is 0. The molecule has 4 aliphatic rings. The second-order valence-corrected chi connectivity index (χ2v) is 6.53. The Morgan fingerprint density at radius 2 is 1.56 bits per heavy atom. The average molecular weight is 283 g/mol. The van der Waals surface area contributed by atoms with Crippen LogP contribution in [0.2, 0.25) is 0 Å². The molecular formula is C12H15BrN2O. The summed E-state index contributed by atoms with van der Waals surface area (Å²) in [5.41, 5.74) is 0. The Hall–Kier alpha value is -0.380. The number of nitrogens with zero attached hydrogens (tertiary/aromatic N) is 2. The normalized spacial score (nSPS) is 45.2. The highest BCUT2D eigenvalue weighted by molar-refractivity contribution is 9.10. The van der Waals surface area contributed by atoms with E-state index in [9.17, 15) is 0 Å². The summed E-state index contributed by atoms with van der Waals surface area (Å²) in [6.07, 6.45) is 7.10. The highest BCUT2D eigenvalue weighted by Crippen LogP contribution is 2.59. The third kappa shape index (κ3) is 1.31. The third-order valence-electron chi connectivity index (χ3n) is 4.93. The van der Waals surface area contributed by atoms with Gasteiger partial charge in [-0.05, 0) is 55.8 Å². The van der Waals surface area contributed by atoms with Crippen LogP contribution < -0.4 is 0 Å². The first-order chi connectivity index (χ1) is 7.79. The highest BCUT2D eigenvalue weighted by atomic mass is 79.9. The van der Waals surface area contributed by atoms with Gasteiger partial charge in [0.05, 0.1) is 0 Å². The fourth-order valence-electron chi connectivity index (χ4n) is 4.68. The molecule has 0 unspecified atom stereocenters. The van der Waals surface area contributed by atoms with Crippen LogP contribution in [0, 0.1) is 23.7 Å². The SMILES string of the molecule is Brc1nnc(C2C3CC4CC(C3)CC2C4)o1. The molecule has 1 heterocycles. The molecule has 0 aromatic carbocycles. The molecule has 0 aliphatic heterocycles. The summed E-state index contributed by atoms with van der Waals surface area (Å²) in [5, 5.41) is 8.15. The van der Waals surface area contributed by atoms with E-state index in [1.807, 2.05) is 0 Å². The molecule has 0 atom stereocenters. The van der Waals surface area contributed by atoms with Gasteiger partial charge in [0.15, 0.2) is 0 Å². The van der Waals surface area contributed by atoms with Gasteiger partial charge in [-0.3, -0.25) is 0 Å². The Kier molecular flexibility index (Phi) is 1.99. The number of rotatable bonds is 1. The minimum atomic E-state index is 0.538. The minimum Gasteiger partial charge on any atom is -0.415 e. The van der Waals surface area contributed by atoms with Crippen LogP contribution >= 0.6 is 15.9 Å². The van der Waals surface area contributed by atoms with Crippen molar-refractivity contribution in [3.63, 3.8) is 0 Å². The molecule has 4 saturated carbocycles. The Balaban J connectivity index is 1.69. The fourth-order valence-corrected chi connectivity index (χ4v) is 4.92. The maximum absolute atomic E-state index is 5.60. The van der Waals surface area contributed by atoms with E-state index in [0.29, 0.717) is 10.7 Å². The van der Waals surface area contributed by atoms with E-state index in [1.54, 1.807) is 0 Å². The molecule has 0 saturated heterocycles. The zero-order chi connectivity index (χ0) is 10.7. The van der Waals surface area contributed by atoms with Crippen LogP contribution in [0.1, 0.15) is 43.9 Å². The maximum atomic E-state index is 5.60. The second-order valence-electron chi connectivity index (χ2n) is 5.85. The van der Waals surface area contributed by atoms with E-state index < -0.39 is 0 Å². The fraction of sp³-hybridized carbons (Fsp3) is 0.833. The Bertz CT molecular complexity index is 389. The molecule has 1 aromatic heterocycles. The standard InChI is InChI=1S/C12H15BrN2O/c13-12-15-14-11(16-12)10-8-2-6-1-7(4-8)5-9(10)3-6/h6-10H,1-5H2. The lowest BCUT2D eigenvalue weighted by Crippen LogP contribution is -2.43. The first-order valence-electron chi connectivity index (χ1n) is 6.28. The van der Waals surface area contributed by atoms with Crippen molar-refractivity contribution in [3.8, 4) is 0 Å². The predicted octanol–water partition coefficient (Wildman–Crippen LogP) is 3.37. The van der Waals surface area contributed by atoms with Crippen LogP contribution in [0.25, 0.3) is 0 Å². The van der Waals surface area contributed by atoms with Crippen molar-refractivity contribution < 1.29 is 4.42 Å². The molecule has 4 aliphatic carbocycles. The topological polar surface area (TPSA) is 38.9 Å². The van der Waals surface area contributed by atoms with Gasteiger partial charge in [-0.1, -0.05) is 0 Å². The first kappa shape index (κ1) is 9.63. The van der Waals surface area contributed by atoms with Crippen molar-refractivity contribution in [3.05, 3.63) is 10.7 Å². The van der Waals surface area contributed by atoms with Crippen LogP contribution in [0.4, 0.5) is 0 Å². The molecule has 5 rings (SSSR count). The van der Waals surface area contributed by atoms with Crippen LogP contribution in [0.3, 0.4) is 0 Å². The van der Waals surface area contributed by atoms with Crippen LogP contribution in [-0.4, -0.2) is 10.2 Å². The van der Waals surface area contributed by atoms with E-state index in [1.165, 1.54) is 32.1 Å². The molecule has 0 radical (unpaired) electrons. The lowest BCUT2D eigenvalue weighted by atomic mass is 9.52. The lowest BCUT2D eigenvalue weighted by Gasteiger charge is -2.53. The lowest BCUT2D eigenvalue weighted by molar-refractivity contribution is -0.0117.